The van der Waals surface area contributed by atoms with Crippen molar-refractivity contribution in [3.8, 4) is 0 Å². The monoisotopic (exact) mass is 482 g/mol. The van der Waals surface area contributed by atoms with Gasteiger partial charge < -0.3 is 24.4 Å². The molecule has 3 aromatic heterocycles. The van der Waals surface area contributed by atoms with Crippen molar-refractivity contribution in [2.45, 2.75) is 32.4 Å². The van der Waals surface area contributed by atoms with E-state index in [-0.39, 0.29) is 11.8 Å². The molecule has 0 bridgehead atoms. The molecule has 1 N–H and O–H groups in total. The van der Waals surface area contributed by atoms with Gasteiger partial charge in [-0.05, 0) is 32.9 Å². The standard InChI is InChI=1S/C24H31ClN8O/c1-16-13-31(10-8-26-16)23-28-11-18(25)21(29-23)32-14-17(15-32)22(34)30(4)24(2,3)19-12-27-20-7-5-6-9-33(19)20/h5-7,9,11-12,16-17,26H,8,10,13-15H2,1-4H3/t16-/m0/s1. The molecule has 3 aromatic rings. The summed E-state index contributed by atoms with van der Waals surface area (Å²) in [6.45, 7) is 10.0. The van der Waals surface area contributed by atoms with Gasteiger partial charge in [0.1, 0.15) is 10.7 Å². The van der Waals surface area contributed by atoms with Crippen LogP contribution in [0.2, 0.25) is 5.02 Å². The SMILES string of the molecule is C[C@H]1CN(c2ncc(Cl)c(N3CC(C(=O)N(C)C(C)(C)c4cnc5ccccn45)C3)n2)CCN1. The number of rotatable bonds is 5. The second kappa shape index (κ2) is 8.70. The molecule has 2 saturated heterocycles. The van der Waals surface area contributed by atoms with Crippen LogP contribution in [0, 0.1) is 5.92 Å². The number of anilines is 2. The van der Waals surface area contributed by atoms with E-state index in [9.17, 15) is 4.79 Å². The summed E-state index contributed by atoms with van der Waals surface area (Å²) in [6, 6.07) is 6.28. The lowest BCUT2D eigenvalue weighted by Crippen LogP contribution is -2.57. The number of hydrogen-bond donors (Lipinski definition) is 1. The molecule has 0 spiro atoms. The van der Waals surface area contributed by atoms with E-state index in [4.69, 9.17) is 16.6 Å². The van der Waals surface area contributed by atoms with Gasteiger partial charge in [-0.1, -0.05) is 17.7 Å². The third-order valence-corrected chi connectivity index (χ3v) is 7.37. The van der Waals surface area contributed by atoms with Gasteiger partial charge in [-0.2, -0.15) is 4.98 Å². The van der Waals surface area contributed by atoms with E-state index in [1.54, 1.807) is 6.20 Å². The van der Waals surface area contributed by atoms with Crippen molar-refractivity contribution in [1.82, 2.24) is 29.6 Å². The molecule has 2 fully saturated rings. The van der Waals surface area contributed by atoms with E-state index in [0.717, 1.165) is 31.0 Å². The lowest BCUT2D eigenvalue weighted by Gasteiger charge is -2.44. The van der Waals surface area contributed by atoms with Crippen molar-refractivity contribution in [2.75, 3.05) is 49.6 Å². The third kappa shape index (κ3) is 3.96. The molecular weight excluding hydrogens is 452 g/mol. The van der Waals surface area contributed by atoms with Crippen LogP contribution < -0.4 is 15.1 Å². The van der Waals surface area contributed by atoms with Crippen molar-refractivity contribution >= 4 is 34.9 Å². The Kier molecular flexibility index (Phi) is 5.85. The number of halogens is 1. The molecule has 10 heteroatoms. The maximum absolute atomic E-state index is 13.4. The zero-order valence-electron chi connectivity index (χ0n) is 20.1. The van der Waals surface area contributed by atoms with Crippen LogP contribution in [0.25, 0.3) is 5.65 Å². The predicted octanol–water partition coefficient (Wildman–Crippen LogP) is 2.41. The number of fused-ring (bicyclic) bond motifs is 1. The second-order valence-corrected chi connectivity index (χ2v) is 10.2. The van der Waals surface area contributed by atoms with E-state index in [1.807, 2.05) is 46.9 Å². The Balaban J connectivity index is 1.28. The van der Waals surface area contributed by atoms with Crippen molar-refractivity contribution < 1.29 is 4.79 Å². The predicted molar refractivity (Wildman–Crippen MR) is 133 cm³/mol. The smallest absolute Gasteiger partial charge is 0.229 e. The Bertz CT molecular complexity index is 1200. The first-order valence-electron chi connectivity index (χ1n) is 11.7. The molecule has 5 rings (SSSR count). The van der Waals surface area contributed by atoms with Crippen LogP contribution in [0.4, 0.5) is 11.8 Å². The summed E-state index contributed by atoms with van der Waals surface area (Å²) < 4.78 is 2.04. The van der Waals surface area contributed by atoms with Crippen molar-refractivity contribution in [1.29, 1.82) is 0 Å². The summed E-state index contributed by atoms with van der Waals surface area (Å²) in [6.07, 6.45) is 5.50. The van der Waals surface area contributed by atoms with Crippen LogP contribution in [0.1, 0.15) is 26.5 Å². The van der Waals surface area contributed by atoms with Crippen LogP contribution in [-0.4, -0.2) is 76.0 Å². The van der Waals surface area contributed by atoms with E-state index in [1.165, 1.54) is 0 Å². The molecule has 180 valence electrons. The first-order chi connectivity index (χ1) is 16.3. The Morgan fingerprint density at radius 3 is 2.74 bits per heavy atom. The Morgan fingerprint density at radius 2 is 1.97 bits per heavy atom. The average Bonchev–Trinajstić information content (AvgIpc) is 3.24. The zero-order valence-corrected chi connectivity index (χ0v) is 20.8. The summed E-state index contributed by atoms with van der Waals surface area (Å²) in [5, 5.41) is 3.94. The van der Waals surface area contributed by atoms with Gasteiger partial charge in [0.2, 0.25) is 11.9 Å². The van der Waals surface area contributed by atoms with Crippen LogP contribution in [0.15, 0.2) is 36.8 Å². The molecule has 9 nitrogen and oxygen atoms in total. The molecule has 0 saturated carbocycles. The summed E-state index contributed by atoms with van der Waals surface area (Å²) in [7, 11) is 1.87. The van der Waals surface area contributed by atoms with E-state index in [2.05, 4.69) is 45.9 Å². The highest BCUT2D eigenvalue weighted by molar-refractivity contribution is 6.32. The summed E-state index contributed by atoms with van der Waals surface area (Å²) >= 11 is 6.45. The third-order valence-electron chi connectivity index (χ3n) is 7.11. The molecule has 1 atom stereocenters. The number of pyridine rings is 1. The van der Waals surface area contributed by atoms with E-state index in [0.29, 0.717) is 35.9 Å². The minimum absolute atomic E-state index is 0.105. The Labute approximate surface area is 204 Å². The Morgan fingerprint density at radius 1 is 1.18 bits per heavy atom. The minimum atomic E-state index is -0.517. The fourth-order valence-electron chi connectivity index (χ4n) is 4.75. The van der Waals surface area contributed by atoms with Crippen LogP contribution in [-0.2, 0) is 10.3 Å². The van der Waals surface area contributed by atoms with Crippen LogP contribution in [0.5, 0.6) is 0 Å². The molecule has 2 aliphatic heterocycles. The summed E-state index contributed by atoms with van der Waals surface area (Å²) in [5.41, 5.74) is 1.33. The van der Waals surface area contributed by atoms with Gasteiger partial charge in [-0.15, -0.1) is 0 Å². The fraction of sp³-hybridized carbons (Fsp3) is 0.500. The molecule has 5 heterocycles. The number of amides is 1. The Hall–Kier alpha value is -2.91. The first kappa shape index (κ1) is 22.9. The van der Waals surface area contributed by atoms with Gasteiger partial charge in [0, 0.05) is 52.0 Å². The van der Waals surface area contributed by atoms with Gasteiger partial charge in [-0.25, -0.2) is 9.97 Å². The lowest BCUT2D eigenvalue weighted by atomic mass is 9.93. The largest absolute Gasteiger partial charge is 0.353 e. The van der Waals surface area contributed by atoms with Crippen molar-refractivity contribution in [3.63, 3.8) is 0 Å². The number of aromatic nitrogens is 4. The maximum atomic E-state index is 13.4. The van der Waals surface area contributed by atoms with Crippen molar-refractivity contribution in [2.24, 2.45) is 5.92 Å². The zero-order chi connectivity index (χ0) is 24.0. The molecular formula is C24H31ClN8O. The highest BCUT2D eigenvalue weighted by Gasteiger charge is 2.41. The van der Waals surface area contributed by atoms with Crippen molar-refractivity contribution in [3.05, 3.63) is 47.5 Å². The number of nitrogens with zero attached hydrogens (tertiary/aromatic N) is 7. The van der Waals surface area contributed by atoms with Gasteiger partial charge >= 0.3 is 0 Å². The molecule has 1 amide bonds. The van der Waals surface area contributed by atoms with Crippen LogP contribution in [0.3, 0.4) is 0 Å². The minimum Gasteiger partial charge on any atom is -0.353 e. The highest BCUT2D eigenvalue weighted by Crippen LogP contribution is 2.34. The molecule has 0 radical (unpaired) electrons. The van der Waals surface area contributed by atoms with Gasteiger partial charge in [-0.3, -0.25) is 4.79 Å². The van der Waals surface area contributed by atoms with Gasteiger partial charge in [0.15, 0.2) is 5.82 Å². The topological polar surface area (TPSA) is 81.9 Å². The highest BCUT2D eigenvalue weighted by atomic mass is 35.5. The summed E-state index contributed by atoms with van der Waals surface area (Å²) in [4.78, 5) is 33.2. The molecule has 0 unspecified atom stereocenters. The van der Waals surface area contributed by atoms with Gasteiger partial charge in [0.25, 0.3) is 0 Å². The number of hydrogen-bond acceptors (Lipinski definition) is 7. The molecule has 0 aromatic carbocycles. The molecule has 34 heavy (non-hydrogen) atoms. The number of imidazole rings is 1. The average molecular weight is 483 g/mol. The quantitative estimate of drug-likeness (QED) is 0.598. The maximum Gasteiger partial charge on any atom is 0.229 e. The number of carbonyl (C=O) groups excluding carboxylic acids is 1. The summed E-state index contributed by atoms with van der Waals surface area (Å²) in [5.74, 6) is 1.38. The fourth-order valence-corrected chi connectivity index (χ4v) is 4.96. The van der Waals surface area contributed by atoms with Gasteiger partial charge in [0.05, 0.1) is 29.5 Å². The van der Waals surface area contributed by atoms with E-state index >= 15 is 0 Å². The lowest BCUT2D eigenvalue weighted by molar-refractivity contribution is -0.140. The number of piperazine rings is 1. The second-order valence-electron chi connectivity index (χ2n) is 9.77. The molecule has 0 aliphatic carbocycles. The first-order valence-corrected chi connectivity index (χ1v) is 12.1. The number of nitrogens with one attached hydrogen (secondary N) is 1. The molecule has 2 aliphatic rings. The van der Waals surface area contributed by atoms with Crippen LogP contribution >= 0.6 is 11.6 Å². The normalized spacial score (nSPS) is 19.4. The van der Waals surface area contributed by atoms with E-state index < -0.39 is 5.54 Å². The number of carbonyl (C=O) groups is 1.